The van der Waals surface area contributed by atoms with E-state index in [2.05, 4.69) is 27.8 Å². The molecule has 3 N–H and O–H groups in total. The van der Waals surface area contributed by atoms with Crippen molar-refractivity contribution in [1.29, 1.82) is 0 Å². The molecule has 0 aliphatic rings. The zero-order chi connectivity index (χ0) is 16.8. The summed E-state index contributed by atoms with van der Waals surface area (Å²) in [5.41, 5.74) is 3.29. The van der Waals surface area contributed by atoms with E-state index < -0.39 is 0 Å². The summed E-state index contributed by atoms with van der Waals surface area (Å²) < 4.78 is 0. The summed E-state index contributed by atoms with van der Waals surface area (Å²) in [5, 5.41) is 12.5. The van der Waals surface area contributed by atoms with Crippen LogP contribution >= 0.6 is 0 Å². The highest BCUT2D eigenvalue weighted by atomic mass is 16.2. The van der Waals surface area contributed by atoms with Crippen LogP contribution in [0.15, 0.2) is 24.3 Å². The van der Waals surface area contributed by atoms with Gasteiger partial charge in [0.15, 0.2) is 5.69 Å². The van der Waals surface area contributed by atoms with Crippen LogP contribution in [0.2, 0.25) is 0 Å². The van der Waals surface area contributed by atoms with Gasteiger partial charge in [0.05, 0.1) is 0 Å². The predicted octanol–water partition coefficient (Wildman–Crippen LogP) is 2.67. The number of aromatic amines is 1. The van der Waals surface area contributed by atoms with Crippen molar-refractivity contribution >= 4 is 17.5 Å². The number of anilines is 1. The number of amides is 2. The average Bonchev–Trinajstić information content (AvgIpc) is 2.99. The molecule has 1 aromatic carbocycles. The van der Waals surface area contributed by atoms with Crippen molar-refractivity contribution in [3.63, 3.8) is 0 Å². The van der Waals surface area contributed by atoms with Crippen molar-refractivity contribution in [2.75, 3.05) is 11.9 Å². The molecule has 2 rings (SSSR count). The third-order valence-corrected chi connectivity index (χ3v) is 3.47. The molecule has 0 aliphatic heterocycles. The fraction of sp³-hybridized carbons (Fsp3) is 0.353. The second kappa shape index (κ2) is 7.58. The highest BCUT2D eigenvalue weighted by Crippen LogP contribution is 2.18. The van der Waals surface area contributed by atoms with Crippen LogP contribution in [0.5, 0.6) is 0 Å². The molecule has 2 aromatic rings. The number of carbonyl (C=O) groups excluding carboxylic acids is 2. The van der Waals surface area contributed by atoms with Gasteiger partial charge in [-0.25, -0.2) is 0 Å². The number of aromatic nitrogens is 2. The zero-order valence-corrected chi connectivity index (χ0v) is 13.7. The topological polar surface area (TPSA) is 86.9 Å². The maximum absolute atomic E-state index is 12.3. The zero-order valence-electron chi connectivity index (χ0n) is 13.7. The third-order valence-electron chi connectivity index (χ3n) is 3.47. The van der Waals surface area contributed by atoms with Gasteiger partial charge in [0.25, 0.3) is 11.8 Å². The van der Waals surface area contributed by atoms with Crippen LogP contribution < -0.4 is 10.6 Å². The summed E-state index contributed by atoms with van der Waals surface area (Å²) in [5.74, 6) is -0.451. The number of benzene rings is 1. The summed E-state index contributed by atoms with van der Waals surface area (Å²) in [6.07, 6.45) is 1.84. The van der Waals surface area contributed by atoms with Crippen molar-refractivity contribution in [1.82, 2.24) is 15.5 Å². The number of nitrogens with one attached hydrogen (secondary N) is 3. The molecule has 1 aromatic heterocycles. The van der Waals surface area contributed by atoms with Gasteiger partial charge in [0.1, 0.15) is 0 Å². The van der Waals surface area contributed by atoms with E-state index in [0.29, 0.717) is 23.5 Å². The summed E-state index contributed by atoms with van der Waals surface area (Å²) in [7, 11) is 0. The average molecular weight is 314 g/mol. The quantitative estimate of drug-likeness (QED) is 0.766. The Morgan fingerprint density at radius 1 is 1.17 bits per heavy atom. The van der Waals surface area contributed by atoms with E-state index in [0.717, 1.165) is 24.1 Å². The number of nitrogens with zero attached hydrogens (tertiary/aromatic N) is 1. The Labute approximate surface area is 135 Å². The molecule has 0 atom stereocenters. The molecule has 6 nitrogen and oxygen atoms in total. The number of carbonyl (C=O) groups is 2. The first-order valence-corrected chi connectivity index (χ1v) is 7.79. The summed E-state index contributed by atoms with van der Waals surface area (Å²) in [4.78, 5) is 24.2. The normalized spacial score (nSPS) is 10.4. The molecule has 0 aliphatic carbocycles. The maximum Gasteiger partial charge on any atom is 0.276 e. The Bertz CT molecular complexity index is 706. The Morgan fingerprint density at radius 3 is 2.65 bits per heavy atom. The minimum Gasteiger partial charge on any atom is -0.352 e. The molecule has 122 valence electrons. The van der Waals surface area contributed by atoms with Gasteiger partial charge in [0, 0.05) is 23.5 Å². The highest BCUT2D eigenvalue weighted by molar-refractivity contribution is 6.04. The van der Waals surface area contributed by atoms with Crippen molar-refractivity contribution < 1.29 is 9.59 Å². The largest absolute Gasteiger partial charge is 0.352 e. The minimum atomic E-state index is -0.292. The highest BCUT2D eigenvalue weighted by Gasteiger charge is 2.13. The molecule has 2 amide bonds. The van der Waals surface area contributed by atoms with Crippen LogP contribution in [0.25, 0.3) is 0 Å². The van der Waals surface area contributed by atoms with Gasteiger partial charge in [-0.3, -0.25) is 14.7 Å². The van der Waals surface area contributed by atoms with Crippen molar-refractivity contribution in [2.45, 2.75) is 33.6 Å². The second-order valence-electron chi connectivity index (χ2n) is 5.37. The number of hydrogen-bond donors (Lipinski definition) is 3. The Kier molecular flexibility index (Phi) is 5.51. The molecule has 1 heterocycles. The molecule has 6 heteroatoms. The Morgan fingerprint density at radius 2 is 1.96 bits per heavy atom. The van der Waals surface area contributed by atoms with Crippen LogP contribution in [0, 0.1) is 6.92 Å². The second-order valence-corrected chi connectivity index (χ2v) is 5.37. The van der Waals surface area contributed by atoms with E-state index in [1.165, 1.54) is 0 Å². The summed E-state index contributed by atoms with van der Waals surface area (Å²) in [6.45, 7) is 6.36. The maximum atomic E-state index is 12.3. The lowest BCUT2D eigenvalue weighted by Gasteiger charge is -2.09. The lowest BCUT2D eigenvalue weighted by atomic mass is 10.1. The van der Waals surface area contributed by atoms with Gasteiger partial charge in [-0.05, 0) is 44.0 Å². The van der Waals surface area contributed by atoms with E-state index in [-0.39, 0.29) is 11.8 Å². The van der Waals surface area contributed by atoms with Gasteiger partial charge >= 0.3 is 0 Å². The lowest BCUT2D eigenvalue weighted by molar-refractivity contribution is 0.0954. The monoisotopic (exact) mass is 314 g/mol. The molecular formula is C17H22N4O2. The molecule has 0 fully saturated rings. The standard InChI is InChI=1S/C17H22N4O2/c1-4-6-13-10-15(21-20-13)17(23)19-14-9-12(8-7-11(14)3)16(22)18-5-2/h7-10H,4-6H2,1-3H3,(H,18,22)(H,19,23)(H,20,21). The molecule has 23 heavy (non-hydrogen) atoms. The first-order valence-electron chi connectivity index (χ1n) is 7.79. The molecule has 0 saturated carbocycles. The van der Waals surface area contributed by atoms with Crippen LogP contribution in [0.1, 0.15) is 52.4 Å². The van der Waals surface area contributed by atoms with Crippen LogP contribution in [-0.2, 0) is 6.42 Å². The predicted molar refractivity (Wildman–Crippen MR) is 89.7 cm³/mol. The smallest absolute Gasteiger partial charge is 0.276 e. The van der Waals surface area contributed by atoms with Crippen LogP contribution in [0.4, 0.5) is 5.69 Å². The van der Waals surface area contributed by atoms with Crippen LogP contribution in [-0.4, -0.2) is 28.6 Å². The molecule has 0 bridgehead atoms. The van der Waals surface area contributed by atoms with Gasteiger partial charge in [-0.15, -0.1) is 0 Å². The van der Waals surface area contributed by atoms with Gasteiger partial charge in [0.2, 0.25) is 0 Å². The fourth-order valence-corrected chi connectivity index (χ4v) is 2.22. The molecule has 0 spiro atoms. The van der Waals surface area contributed by atoms with Gasteiger partial charge < -0.3 is 10.6 Å². The van der Waals surface area contributed by atoms with Crippen LogP contribution in [0.3, 0.4) is 0 Å². The molecule has 0 unspecified atom stereocenters. The molecular weight excluding hydrogens is 292 g/mol. The number of rotatable bonds is 6. The van der Waals surface area contributed by atoms with Crippen molar-refractivity contribution in [3.05, 3.63) is 46.8 Å². The minimum absolute atomic E-state index is 0.159. The van der Waals surface area contributed by atoms with E-state index >= 15 is 0 Å². The number of hydrogen-bond acceptors (Lipinski definition) is 3. The van der Waals surface area contributed by atoms with E-state index in [1.807, 2.05) is 19.9 Å². The molecule has 0 radical (unpaired) electrons. The van der Waals surface area contributed by atoms with E-state index in [9.17, 15) is 9.59 Å². The first-order chi connectivity index (χ1) is 11.0. The third kappa shape index (κ3) is 4.18. The van der Waals surface area contributed by atoms with Crippen molar-refractivity contribution in [2.24, 2.45) is 0 Å². The first kappa shape index (κ1) is 16.7. The fourth-order valence-electron chi connectivity index (χ4n) is 2.22. The van der Waals surface area contributed by atoms with Gasteiger partial charge in [-0.2, -0.15) is 5.10 Å². The SMILES string of the molecule is CCCc1cc(C(=O)Nc2cc(C(=O)NCC)ccc2C)n[nH]1. The van der Waals surface area contributed by atoms with Gasteiger partial charge in [-0.1, -0.05) is 19.4 Å². The Balaban J connectivity index is 2.16. The lowest BCUT2D eigenvalue weighted by Crippen LogP contribution is -2.23. The summed E-state index contributed by atoms with van der Waals surface area (Å²) in [6, 6.07) is 6.98. The van der Waals surface area contributed by atoms with Crippen molar-refractivity contribution in [3.8, 4) is 0 Å². The Hall–Kier alpha value is -2.63. The molecule has 0 saturated heterocycles. The number of aryl methyl sites for hydroxylation is 2. The summed E-state index contributed by atoms with van der Waals surface area (Å²) >= 11 is 0. The van der Waals surface area contributed by atoms with E-state index in [1.54, 1.807) is 18.2 Å². The van der Waals surface area contributed by atoms with E-state index in [4.69, 9.17) is 0 Å². The number of H-pyrrole nitrogens is 1.